The van der Waals surface area contributed by atoms with Gasteiger partial charge in [0.15, 0.2) is 5.78 Å². The van der Waals surface area contributed by atoms with E-state index in [0.29, 0.717) is 11.3 Å². The Morgan fingerprint density at radius 1 is 1.11 bits per heavy atom. The molecule has 0 radical (unpaired) electrons. The summed E-state index contributed by atoms with van der Waals surface area (Å²) >= 11 is 0. The first-order valence-corrected chi connectivity index (χ1v) is 5.55. The van der Waals surface area contributed by atoms with Crippen LogP contribution in [0.25, 0.3) is 0 Å². The van der Waals surface area contributed by atoms with Crippen LogP contribution < -0.4 is 4.74 Å². The summed E-state index contributed by atoms with van der Waals surface area (Å²) in [6.07, 6.45) is 0. The van der Waals surface area contributed by atoms with Gasteiger partial charge in [-0.05, 0) is 12.1 Å². The molecular weight excluding hydrogens is 246 g/mol. The van der Waals surface area contributed by atoms with Crippen molar-refractivity contribution < 1.29 is 14.5 Å². The van der Waals surface area contributed by atoms with Gasteiger partial charge in [-0.25, -0.2) is 0 Å². The lowest BCUT2D eigenvalue weighted by Crippen LogP contribution is -2.02. The molecular formula is C14H11NO4. The zero-order valence-corrected chi connectivity index (χ0v) is 10.2. The number of nitro groups is 1. The fraction of sp³-hybridized carbons (Fsp3) is 0.0714. The van der Waals surface area contributed by atoms with Crippen molar-refractivity contribution >= 4 is 11.5 Å². The molecule has 0 fully saturated rings. The van der Waals surface area contributed by atoms with Gasteiger partial charge in [0.1, 0.15) is 5.75 Å². The Kier molecular flexibility index (Phi) is 3.56. The van der Waals surface area contributed by atoms with Crippen LogP contribution in [0.3, 0.4) is 0 Å². The molecule has 5 nitrogen and oxygen atoms in total. The SMILES string of the molecule is COc1cccc(C(=O)c2cccc([N+](=O)[O-])c2)c1. The number of methoxy groups -OCH3 is 1. The number of carbonyl (C=O) groups excluding carboxylic acids is 1. The fourth-order valence-corrected chi connectivity index (χ4v) is 1.69. The lowest BCUT2D eigenvalue weighted by Gasteiger charge is -2.04. The van der Waals surface area contributed by atoms with Crippen molar-refractivity contribution in [2.24, 2.45) is 0 Å². The number of hydrogen-bond donors (Lipinski definition) is 0. The molecule has 2 aromatic carbocycles. The van der Waals surface area contributed by atoms with Crippen LogP contribution in [0.2, 0.25) is 0 Å². The van der Waals surface area contributed by atoms with Gasteiger partial charge in [0, 0.05) is 23.3 Å². The van der Waals surface area contributed by atoms with E-state index in [9.17, 15) is 14.9 Å². The van der Waals surface area contributed by atoms with Crippen LogP contribution in [0.5, 0.6) is 5.75 Å². The molecule has 0 spiro atoms. The third kappa shape index (κ3) is 2.77. The van der Waals surface area contributed by atoms with Gasteiger partial charge in [-0.15, -0.1) is 0 Å². The van der Waals surface area contributed by atoms with Gasteiger partial charge in [-0.3, -0.25) is 14.9 Å². The topological polar surface area (TPSA) is 69.4 Å². The molecule has 0 aliphatic heterocycles. The summed E-state index contributed by atoms with van der Waals surface area (Å²) in [7, 11) is 1.51. The van der Waals surface area contributed by atoms with E-state index in [-0.39, 0.29) is 17.0 Å². The van der Waals surface area contributed by atoms with Crippen molar-refractivity contribution in [3.8, 4) is 5.75 Å². The van der Waals surface area contributed by atoms with Crippen LogP contribution in [0.1, 0.15) is 15.9 Å². The number of carbonyl (C=O) groups is 1. The lowest BCUT2D eigenvalue weighted by molar-refractivity contribution is -0.384. The van der Waals surface area contributed by atoms with Gasteiger partial charge in [0.05, 0.1) is 12.0 Å². The lowest BCUT2D eigenvalue weighted by atomic mass is 10.0. The molecule has 0 aromatic heterocycles. The second-order valence-electron chi connectivity index (χ2n) is 3.87. The van der Waals surface area contributed by atoms with Crippen molar-refractivity contribution in [2.45, 2.75) is 0 Å². The number of ether oxygens (including phenoxy) is 1. The average molecular weight is 257 g/mol. The predicted octanol–water partition coefficient (Wildman–Crippen LogP) is 2.83. The standard InChI is InChI=1S/C14H11NO4/c1-19-13-7-3-5-11(9-13)14(16)10-4-2-6-12(8-10)15(17)18/h2-9H,1H3. The quantitative estimate of drug-likeness (QED) is 0.479. The predicted molar refractivity (Wildman–Crippen MR) is 69.5 cm³/mol. The summed E-state index contributed by atoms with van der Waals surface area (Å²) < 4.78 is 5.04. The fourth-order valence-electron chi connectivity index (χ4n) is 1.69. The zero-order valence-electron chi connectivity index (χ0n) is 10.2. The molecule has 0 amide bonds. The summed E-state index contributed by atoms with van der Waals surface area (Å²) in [4.78, 5) is 22.4. The van der Waals surface area contributed by atoms with Gasteiger partial charge in [-0.2, -0.15) is 0 Å². The van der Waals surface area contributed by atoms with Crippen LogP contribution in [0.15, 0.2) is 48.5 Å². The molecule has 0 saturated heterocycles. The molecule has 96 valence electrons. The minimum Gasteiger partial charge on any atom is -0.497 e. The van der Waals surface area contributed by atoms with Gasteiger partial charge in [0.2, 0.25) is 0 Å². The molecule has 0 atom stereocenters. The summed E-state index contributed by atoms with van der Waals surface area (Å²) in [5.74, 6) is 0.291. The summed E-state index contributed by atoms with van der Waals surface area (Å²) in [6, 6.07) is 12.3. The maximum Gasteiger partial charge on any atom is 0.270 e. The number of nitro benzene ring substituents is 1. The van der Waals surface area contributed by atoms with Crippen molar-refractivity contribution in [1.82, 2.24) is 0 Å². The van der Waals surface area contributed by atoms with Crippen molar-refractivity contribution in [2.75, 3.05) is 7.11 Å². The van der Waals surface area contributed by atoms with E-state index in [1.54, 1.807) is 30.3 Å². The Balaban J connectivity index is 2.38. The number of rotatable bonds is 4. The van der Waals surface area contributed by atoms with Crippen LogP contribution in [0.4, 0.5) is 5.69 Å². The van der Waals surface area contributed by atoms with Crippen molar-refractivity contribution in [3.63, 3.8) is 0 Å². The first-order chi connectivity index (χ1) is 9.11. The number of non-ortho nitro benzene ring substituents is 1. The third-order valence-corrected chi connectivity index (χ3v) is 2.65. The molecule has 0 unspecified atom stereocenters. The Hall–Kier alpha value is -2.69. The number of benzene rings is 2. The smallest absolute Gasteiger partial charge is 0.270 e. The number of nitrogens with zero attached hydrogens (tertiary/aromatic N) is 1. The van der Waals surface area contributed by atoms with E-state index in [2.05, 4.69) is 0 Å². The molecule has 2 rings (SSSR count). The highest BCUT2D eigenvalue weighted by molar-refractivity contribution is 6.09. The average Bonchev–Trinajstić information content (AvgIpc) is 2.46. The first kappa shape index (κ1) is 12.8. The van der Waals surface area contributed by atoms with E-state index in [1.165, 1.54) is 25.3 Å². The maximum atomic E-state index is 12.2. The molecule has 0 bridgehead atoms. The highest BCUT2D eigenvalue weighted by Crippen LogP contribution is 2.19. The Labute approximate surface area is 109 Å². The normalized spacial score (nSPS) is 9.95. The van der Waals surface area contributed by atoms with E-state index in [4.69, 9.17) is 4.74 Å². The van der Waals surface area contributed by atoms with E-state index < -0.39 is 4.92 Å². The van der Waals surface area contributed by atoms with Gasteiger partial charge in [-0.1, -0.05) is 24.3 Å². The molecule has 5 heteroatoms. The number of hydrogen-bond acceptors (Lipinski definition) is 4. The minimum absolute atomic E-state index is 0.103. The summed E-state index contributed by atoms with van der Waals surface area (Å²) in [5, 5.41) is 10.7. The minimum atomic E-state index is -0.525. The highest BCUT2D eigenvalue weighted by atomic mass is 16.6. The molecule has 2 aromatic rings. The van der Waals surface area contributed by atoms with E-state index in [1.807, 2.05) is 0 Å². The second kappa shape index (κ2) is 5.30. The molecule has 19 heavy (non-hydrogen) atoms. The Bertz CT molecular complexity index is 637. The third-order valence-electron chi connectivity index (χ3n) is 2.65. The number of ketones is 1. The van der Waals surface area contributed by atoms with Crippen LogP contribution in [0, 0.1) is 10.1 Å². The summed E-state index contributed by atoms with van der Waals surface area (Å²) in [6.45, 7) is 0. The Morgan fingerprint density at radius 2 is 1.74 bits per heavy atom. The van der Waals surface area contributed by atoms with Crippen molar-refractivity contribution in [1.29, 1.82) is 0 Å². The Morgan fingerprint density at radius 3 is 2.37 bits per heavy atom. The van der Waals surface area contributed by atoms with Gasteiger partial charge in [0.25, 0.3) is 5.69 Å². The van der Waals surface area contributed by atoms with E-state index >= 15 is 0 Å². The van der Waals surface area contributed by atoms with Crippen LogP contribution >= 0.6 is 0 Å². The monoisotopic (exact) mass is 257 g/mol. The second-order valence-corrected chi connectivity index (χ2v) is 3.87. The molecule has 0 N–H and O–H groups in total. The van der Waals surface area contributed by atoms with Crippen LogP contribution in [-0.2, 0) is 0 Å². The van der Waals surface area contributed by atoms with Crippen molar-refractivity contribution in [3.05, 3.63) is 69.8 Å². The molecule has 0 aliphatic carbocycles. The molecule has 0 aliphatic rings. The molecule has 0 saturated carbocycles. The largest absolute Gasteiger partial charge is 0.497 e. The first-order valence-electron chi connectivity index (χ1n) is 5.55. The van der Waals surface area contributed by atoms with Gasteiger partial charge < -0.3 is 4.74 Å². The summed E-state index contributed by atoms with van der Waals surface area (Å²) in [5.41, 5.74) is 0.607. The van der Waals surface area contributed by atoms with Crippen LogP contribution in [-0.4, -0.2) is 17.8 Å². The zero-order chi connectivity index (χ0) is 13.8. The van der Waals surface area contributed by atoms with Gasteiger partial charge >= 0.3 is 0 Å². The maximum absolute atomic E-state index is 12.2. The molecule has 0 heterocycles. The van der Waals surface area contributed by atoms with E-state index in [0.717, 1.165) is 0 Å². The highest BCUT2D eigenvalue weighted by Gasteiger charge is 2.13.